The van der Waals surface area contributed by atoms with Gasteiger partial charge in [-0.2, -0.15) is 4.99 Å². The van der Waals surface area contributed by atoms with Gasteiger partial charge in [0.15, 0.2) is 0 Å². The number of amides is 2. The summed E-state index contributed by atoms with van der Waals surface area (Å²) >= 11 is 0. The Morgan fingerprint density at radius 1 is 1.05 bits per heavy atom. The highest BCUT2D eigenvalue weighted by atomic mass is 16.6. The number of nitrogens with one attached hydrogen (secondary N) is 1. The van der Waals surface area contributed by atoms with Crippen molar-refractivity contribution in [3.05, 3.63) is 0 Å². The van der Waals surface area contributed by atoms with Crippen LogP contribution in [-0.4, -0.2) is 35.1 Å². The fourth-order valence-corrected chi connectivity index (χ4v) is 2.14. The number of aliphatic imine (C=N–C) groups is 1. The van der Waals surface area contributed by atoms with Gasteiger partial charge >= 0.3 is 12.2 Å². The summed E-state index contributed by atoms with van der Waals surface area (Å²) in [4.78, 5) is 27.8. The summed E-state index contributed by atoms with van der Waals surface area (Å²) in [5.41, 5.74) is -0.475. The van der Waals surface area contributed by atoms with Crippen LogP contribution in [0, 0.1) is 0 Å². The normalized spacial score (nSPS) is 21.4. The molecular weight excluding hydrogens is 284 g/mol. The maximum atomic E-state index is 11.9. The Balaban J connectivity index is 2.71. The second kappa shape index (κ2) is 7.11. The Morgan fingerprint density at radius 2 is 1.64 bits per heavy atom. The number of carbonyl (C=O) groups is 2. The molecule has 1 saturated carbocycles. The van der Waals surface area contributed by atoms with Crippen LogP contribution in [0.4, 0.5) is 9.59 Å². The number of alkyl carbamates (subject to hydrolysis) is 1. The number of carbonyl (C=O) groups excluding carboxylic acids is 2. The molecule has 0 aromatic heterocycles. The van der Waals surface area contributed by atoms with Crippen molar-refractivity contribution in [1.29, 1.82) is 0 Å². The van der Waals surface area contributed by atoms with Crippen molar-refractivity contribution in [2.45, 2.75) is 84.5 Å². The lowest BCUT2D eigenvalue weighted by atomic mass is 9.93. The first-order valence-corrected chi connectivity index (χ1v) is 7.76. The highest BCUT2D eigenvalue weighted by Gasteiger charge is 2.26. The van der Waals surface area contributed by atoms with Crippen molar-refractivity contribution in [3.63, 3.8) is 0 Å². The lowest BCUT2D eigenvalue weighted by Crippen LogP contribution is -2.45. The van der Waals surface area contributed by atoms with Gasteiger partial charge in [-0.15, -0.1) is 0 Å². The quantitative estimate of drug-likeness (QED) is 0.798. The van der Waals surface area contributed by atoms with Crippen molar-refractivity contribution in [3.8, 4) is 0 Å². The molecule has 0 saturated heterocycles. The van der Waals surface area contributed by atoms with E-state index < -0.39 is 23.4 Å². The first-order chi connectivity index (χ1) is 9.96. The molecule has 0 unspecified atom stereocenters. The minimum Gasteiger partial charge on any atom is -0.444 e. The molecule has 0 spiro atoms. The molecular formula is C16H28N2O4. The molecule has 2 amide bonds. The van der Waals surface area contributed by atoms with Gasteiger partial charge in [0.2, 0.25) is 0 Å². The summed E-state index contributed by atoms with van der Waals surface area (Å²) in [6, 6.07) is -0.267. The van der Waals surface area contributed by atoms with Crippen LogP contribution in [0.15, 0.2) is 4.99 Å². The van der Waals surface area contributed by atoms with Crippen molar-refractivity contribution in [2.24, 2.45) is 4.99 Å². The molecule has 0 heterocycles. The van der Waals surface area contributed by atoms with Gasteiger partial charge in [-0.1, -0.05) is 6.42 Å². The molecule has 1 aliphatic rings. The Hall–Kier alpha value is -1.59. The van der Waals surface area contributed by atoms with E-state index in [0.29, 0.717) is 12.1 Å². The van der Waals surface area contributed by atoms with E-state index in [2.05, 4.69) is 10.3 Å². The van der Waals surface area contributed by atoms with Crippen LogP contribution in [0.5, 0.6) is 0 Å². The summed E-state index contributed by atoms with van der Waals surface area (Å²) in [5.74, 6) is 0. The van der Waals surface area contributed by atoms with E-state index in [0.717, 1.165) is 19.3 Å². The van der Waals surface area contributed by atoms with Crippen molar-refractivity contribution in [2.75, 3.05) is 0 Å². The molecule has 1 rings (SSSR count). The molecule has 0 aromatic rings. The van der Waals surface area contributed by atoms with E-state index in [4.69, 9.17) is 9.47 Å². The summed E-state index contributed by atoms with van der Waals surface area (Å²) in [7, 11) is 0. The summed E-state index contributed by atoms with van der Waals surface area (Å²) in [6.45, 7) is 10.8. The smallest absolute Gasteiger partial charge is 0.434 e. The van der Waals surface area contributed by atoms with Crippen molar-refractivity contribution >= 4 is 17.9 Å². The Bertz CT molecular complexity index is 444. The van der Waals surface area contributed by atoms with E-state index in [1.165, 1.54) is 0 Å². The van der Waals surface area contributed by atoms with E-state index in [9.17, 15) is 9.59 Å². The fourth-order valence-electron chi connectivity index (χ4n) is 2.14. The number of hydrogen-bond donors (Lipinski definition) is 1. The molecule has 6 heteroatoms. The van der Waals surface area contributed by atoms with Crippen LogP contribution in [-0.2, 0) is 9.47 Å². The van der Waals surface area contributed by atoms with Gasteiger partial charge in [0.25, 0.3) is 0 Å². The number of nitrogens with zero attached hydrogens (tertiary/aromatic N) is 1. The minimum absolute atomic E-state index is 0.267. The summed E-state index contributed by atoms with van der Waals surface area (Å²) in [6.07, 6.45) is 2.26. The molecule has 0 aliphatic heterocycles. The van der Waals surface area contributed by atoms with Crippen molar-refractivity contribution in [1.82, 2.24) is 5.32 Å². The average molecular weight is 312 g/mol. The van der Waals surface area contributed by atoms with Crippen molar-refractivity contribution < 1.29 is 19.1 Å². The maximum Gasteiger partial charge on any atom is 0.434 e. The monoisotopic (exact) mass is 312 g/mol. The molecule has 1 atom stereocenters. The Morgan fingerprint density at radius 3 is 2.18 bits per heavy atom. The number of hydrogen-bond acceptors (Lipinski definition) is 4. The predicted molar refractivity (Wildman–Crippen MR) is 85.3 cm³/mol. The first-order valence-electron chi connectivity index (χ1n) is 7.76. The zero-order chi connectivity index (χ0) is 17.0. The predicted octanol–water partition coefficient (Wildman–Crippen LogP) is 3.83. The zero-order valence-electron chi connectivity index (χ0n) is 14.5. The second-order valence-electron chi connectivity index (χ2n) is 7.53. The third-order valence-corrected chi connectivity index (χ3v) is 2.90. The topological polar surface area (TPSA) is 77.0 Å². The zero-order valence-corrected chi connectivity index (χ0v) is 14.5. The van der Waals surface area contributed by atoms with Crippen LogP contribution in [0.3, 0.4) is 0 Å². The third kappa shape index (κ3) is 7.43. The molecule has 0 aromatic carbocycles. The maximum absolute atomic E-state index is 11.9. The SMILES string of the molecule is CC(C)(C)OC(=O)N=C1CCCC[C@H]1NC(=O)OC(C)(C)C. The van der Waals surface area contributed by atoms with E-state index in [-0.39, 0.29) is 6.04 Å². The van der Waals surface area contributed by atoms with Crippen LogP contribution in [0.2, 0.25) is 0 Å². The van der Waals surface area contributed by atoms with E-state index in [1.807, 2.05) is 20.8 Å². The second-order valence-corrected chi connectivity index (χ2v) is 7.53. The Kier molecular flexibility index (Phi) is 5.97. The van der Waals surface area contributed by atoms with Crippen LogP contribution in [0.25, 0.3) is 0 Å². The van der Waals surface area contributed by atoms with Crippen LogP contribution in [0.1, 0.15) is 67.2 Å². The minimum atomic E-state index is -0.611. The molecule has 22 heavy (non-hydrogen) atoms. The van der Waals surface area contributed by atoms with E-state index in [1.54, 1.807) is 20.8 Å². The summed E-state index contributed by atoms with van der Waals surface area (Å²) < 4.78 is 10.5. The number of rotatable bonds is 1. The highest BCUT2D eigenvalue weighted by Crippen LogP contribution is 2.18. The molecule has 6 nitrogen and oxygen atoms in total. The van der Waals surface area contributed by atoms with Gasteiger partial charge in [0.05, 0.1) is 6.04 Å². The van der Waals surface area contributed by atoms with Gasteiger partial charge in [-0.05, 0) is 60.8 Å². The Labute approximate surface area is 132 Å². The molecule has 126 valence electrons. The molecule has 1 aliphatic carbocycles. The largest absolute Gasteiger partial charge is 0.444 e. The van der Waals surface area contributed by atoms with Gasteiger partial charge in [-0.3, -0.25) is 0 Å². The van der Waals surface area contributed by atoms with Gasteiger partial charge in [0.1, 0.15) is 11.2 Å². The molecule has 0 bridgehead atoms. The van der Waals surface area contributed by atoms with E-state index >= 15 is 0 Å². The number of ether oxygens (including phenoxy) is 2. The lowest BCUT2D eigenvalue weighted by molar-refractivity contribution is 0.0508. The fraction of sp³-hybridized carbons (Fsp3) is 0.812. The summed E-state index contributed by atoms with van der Waals surface area (Å²) in [5, 5.41) is 2.79. The average Bonchev–Trinajstić information content (AvgIpc) is 2.26. The standard InChI is InChI=1S/C16H28N2O4/c1-15(2,3)21-13(19)17-11-9-7-8-10-12(11)18-14(20)22-16(4,5)6/h11H,7-10H2,1-6H3,(H,17,19)/t11-/m1/s1. The first kappa shape index (κ1) is 18.5. The molecule has 1 fully saturated rings. The molecule has 1 N–H and O–H groups in total. The van der Waals surface area contributed by atoms with Crippen LogP contribution >= 0.6 is 0 Å². The van der Waals surface area contributed by atoms with Gasteiger partial charge in [-0.25, -0.2) is 9.59 Å². The highest BCUT2D eigenvalue weighted by molar-refractivity contribution is 5.98. The van der Waals surface area contributed by atoms with Crippen LogP contribution < -0.4 is 5.32 Å². The molecule has 0 radical (unpaired) electrons. The lowest BCUT2D eigenvalue weighted by Gasteiger charge is -2.27. The van der Waals surface area contributed by atoms with Gasteiger partial charge in [0, 0.05) is 5.71 Å². The third-order valence-electron chi connectivity index (χ3n) is 2.90. The van der Waals surface area contributed by atoms with Gasteiger partial charge < -0.3 is 14.8 Å².